The van der Waals surface area contributed by atoms with Gasteiger partial charge in [0.15, 0.2) is 17.9 Å². The number of benzene rings is 2. The van der Waals surface area contributed by atoms with Crippen molar-refractivity contribution in [2.24, 2.45) is 5.16 Å². The molecule has 1 N–H and O–H groups in total. The van der Waals surface area contributed by atoms with Crippen molar-refractivity contribution >= 4 is 41.1 Å². The van der Waals surface area contributed by atoms with Gasteiger partial charge in [0.1, 0.15) is 31.1 Å². The standard InChI is InChI=1S/C31H35N3O11/c1-17-10-12-22(13-11-17)40-15-14-34-24-9-7-6-8-23(24)26(30(34)39)33-45-31-27(32-18(2)35)29(43-21(5)38)28(42-20(4)37)25(44-31)16-41-19(3)36/h6-13,25,27-29,31H,14-16H2,1-5H3,(H,32,35)/b33-26-. The van der Waals surface area contributed by atoms with Crippen molar-refractivity contribution in [2.45, 2.75) is 65.3 Å². The van der Waals surface area contributed by atoms with E-state index in [2.05, 4.69) is 10.5 Å². The third-order valence-electron chi connectivity index (χ3n) is 6.82. The van der Waals surface area contributed by atoms with E-state index in [0.29, 0.717) is 17.0 Å². The van der Waals surface area contributed by atoms with Crippen molar-refractivity contribution in [3.05, 3.63) is 59.7 Å². The number of anilines is 1. The van der Waals surface area contributed by atoms with Gasteiger partial charge in [-0.15, -0.1) is 0 Å². The second-order valence-electron chi connectivity index (χ2n) is 10.4. The van der Waals surface area contributed by atoms with Crippen molar-refractivity contribution in [2.75, 3.05) is 24.7 Å². The molecule has 2 heterocycles. The minimum absolute atomic E-state index is 0.0474. The van der Waals surface area contributed by atoms with Crippen LogP contribution in [0.5, 0.6) is 5.75 Å². The molecule has 2 aromatic carbocycles. The largest absolute Gasteiger partial charge is 0.492 e. The molecule has 2 aliphatic heterocycles. The van der Waals surface area contributed by atoms with Gasteiger partial charge in [0, 0.05) is 33.3 Å². The first-order valence-corrected chi connectivity index (χ1v) is 14.2. The van der Waals surface area contributed by atoms with E-state index >= 15 is 0 Å². The Morgan fingerprint density at radius 3 is 2.22 bits per heavy atom. The van der Waals surface area contributed by atoms with Crippen LogP contribution in [0.3, 0.4) is 0 Å². The monoisotopic (exact) mass is 625 g/mol. The summed E-state index contributed by atoms with van der Waals surface area (Å²) in [5.74, 6) is -2.51. The summed E-state index contributed by atoms with van der Waals surface area (Å²) in [6, 6.07) is 13.3. The summed E-state index contributed by atoms with van der Waals surface area (Å²) >= 11 is 0. The minimum Gasteiger partial charge on any atom is -0.492 e. The number of oxime groups is 1. The van der Waals surface area contributed by atoms with Gasteiger partial charge in [0.2, 0.25) is 5.91 Å². The van der Waals surface area contributed by atoms with Crippen molar-refractivity contribution in [1.29, 1.82) is 0 Å². The Morgan fingerprint density at radius 2 is 1.58 bits per heavy atom. The van der Waals surface area contributed by atoms with Crippen LogP contribution in [0.2, 0.25) is 0 Å². The van der Waals surface area contributed by atoms with Crippen molar-refractivity contribution in [1.82, 2.24) is 5.32 Å². The molecule has 5 atom stereocenters. The van der Waals surface area contributed by atoms with Gasteiger partial charge in [-0.2, -0.15) is 0 Å². The summed E-state index contributed by atoms with van der Waals surface area (Å²) in [4.78, 5) is 68.7. The number of para-hydroxylation sites is 1. The number of nitrogens with one attached hydrogen (secondary N) is 1. The number of nitrogens with zero attached hydrogens (tertiary/aromatic N) is 2. The quantitative estimate of drug-likeness (QED) is 0.220. The first-order chi connectivity index (χ1) is 21.4. The number of carbonyl (C=O) groups is 5. The lowest BCUT2D eigenvalue weighted by atomic mass is 9.96. The van der Waals surface area contributed by atoms with Crippen LogP contribution in [0.25, 0.3) is 0 Å². The van der Waals surface area contributed by atoms with Crippen LogP contribution in [-0.2, 0) is 47.8 Å². The van der Waals surface area contributed by atoms with Crippen LogP contribution < -0.4 is 15.0 Å². The maximum Gasteiger partial charge on any atom is 0.303 e. The minimum atomic E-state index is -1.48. The number of ether oxygens (including phenoxy) is 5. The smallest absolute Gasteiger partial charge is 0.303 e. The van der Waals surface area contributed by atoms with E-state index in [4.69, 9.17) is 28.5 Å². The number of fused-ring (bicyclic) bond motifs is 1. The van der Waals surface area contributed by atoms with Crippen LogP contribution in [0.4, 0.5) is 5.69 Å². The second-order valence-corrected chi connectivity index (χ2v) is 10.4. The Labute approximate surface area is 259 Å². The van der Waals surface area contributed by atoms with Crippen molar-refractivity contribution < 1.29 is 52.5 Å². The van der Waals surface area contributed by atoms with Crippen LogP contribution >= 0.6 is 0 Å². The normalized spacial score (nSPS) is 23.1. The molecule has 0 aromatic heterocycles. The zero-order valence-corrected chi connectivity index (χ0v) is 25.5. The van der Waals surface area contributed by atoms with Gasteiger partial charge in [0.05, 0.1) is 12.2 Å². The van der Waals surface area contributed by atoms with Gasteiger partial charge in [-0.1, -0.05) is 41.1 Å². The predicted octanol–water partition coefficient (Wildman–Crippen LogP) is 1.80. The zero-order valence-electron chi connectivity index (χ0n) is 25.5. The molecule has 0 spiro atoms. The maximum atomic E-state index is 13.6. The molecule has 0 bridgehead atoms. The summed E-state index contributed by atoms with van der Waals surface area (Å²) in [5.41, 5.74) is 2.11. The van der Waals surface area contributed by atoms with E-state index in [1.54, 1.807) is 24.3 Å². The van der Waals surface area contributed by atoms with Crippen molar-refractivity contribution in [3.63, 3.8) is 0 Å². The molecule has 2 aromatic rings. The van der Waals surface area contributed by atoms with Crippen molar-refractivity contribution in [3.8, 4) is 5.75 Å². The predicted molar refractivity (Wildman–Crippen MR) is 157 cm³/mol. The molecule has 14 heteroatoms. The Hall–Kier alpha value is -4.98. The Kier molecular flexibility index (Phi) is 10.7. The topological polar surface area (TPSA) is 168 Å². The molecular weight excluding hydrogens is 590 g/mol. The summed E-state index contributed by atoms with van der Waals surface area (Å²) < 4.78 is 27.8. The van der Waals surface area contributed by atoms with Crippen LogP contribution in [0, 0.1) is 6.92 Å². The highest BCUT2D eigenvalue weighted by atomic mass is 16.8. The third-order valence-corrected chi connectivity index (χ3v) is 6.82. The first-order valence-electron chi connectivity index (χ1n) is 14.2. The Balaban J connectivity index is 1.61. The molecule has 2 aliphatic rings. The van der Waals surface area contributed by atoms with Gasteiger partial charge in [-0.25, -0.2) is 0 Å². The molecule has 14 nitrogen and oxygen atoms in total. The number of aryl methyl sites for hydroxylation is 1. The zero-order chi connectivity index (χ0) is 32.7. The molecule has 0 aliphatic carbocycles. The van der Waals surface area contributed by atoms with Gasteiger partial charge >= 0.3 is 17.9 Å². The molecule has 5 unspecified atom stereocenters. The number of hydrogen-bond donors (Lipinski definition) is 1. The van der Waals surface area contributed by atoms with E-state index in [1.807, 2.05) is 31.2 Å². The van der Waals surface area contributed by atoms with Crippen LogP contribution in [0.15, 0.2) is 53.7 Å². The number of esters is 3. The van der Waals surface area contributed by atoms with E-state index < -0.39 is 67.0 Å². The summed E-state index contributed by atoms with van der Waals surface area (Å²) in [7, 11) is 0. The van der Waals surface area contributed by atoms with E-state index in [-0.39, 0.29) is 18.9 Å². The average Bonchev–Trinajstić information content (AvgIpc) is 3.24. The summed E-state index contributed by atoms with van der Waals surface area (Å²) in [6.45, 7) is 6.63. The molecular formula is C31H35N3O11. The molecule has 0 radical (unpaired) electrons. The lowest BCUT2D eigenvalue weighted by molar-refractivity contribution is -0.278. The van der Waals surface area contributed by atoms with Gasteiger partial charge in [0.25, 0.3) is 12.2 Å². The fourth-order valence-corrected chi connectivity index (χ4v) is 4.95. The van der Waals surface area contributed by atoms with Crippen LogP contribution in [0.1, 0.15) is 38.8 Å². The van der Waals surface area contributed by atoms with E-state index in [0.717, 1.165) is 19.4 Å². The second kappa shape index (κ2) is 14.7. The lowest BCUT2D eigenvalue weighted by Crippen LogP contribution is -2.66. The van der Waals surface area contributed by atoms with E-state index in [1.165, 1.54) is 18.7 Å². The molecule has 0 saturated carbocycles. The highest BCUT2D eigenvalue weighted by Crippen LogP contribution is 2.31. The summed E-state index contributed by atoms with van der Waals surface area (Å²) in [5, 5.41) is 6.73. The lowest BCUT2D eigenvalue weighted by Gasteiger charge is -2.43. The molecule has 1 saturated heterocycles. The first kappa shape index (κ1) is 32.9. The van der Waals surface area contributed by atoms with Gasteiger partial charge in [-0.05, 0) is 25.1 Å². The fourth-order valence-electron chi connectivity index (χ4n) is 4.95. The molecule has 1 fully saturated rings. The summed E-state index contributed by atoms with van der Waals surface area (Å²) in [6.07, 6.45) is -5.30. The van der Waals surface area contributed by atoms with E-state index in [9.17, 15) is 24.0 Å². The number of rotatable bonds is 11. The van der Waals surface area contributed by atoms with Gasteiger partial charge < -0.3 is 38.7 Å². The SMILES string of the molecule is CC(=O)NC1C(O/N=C2\C(=O)N(CCOc3ccc(C)cc3)c3ccccc32)OC(COC(C)=O)C(OC(C)=O)C1OC(C)=O. The highest BCUT2D eigenvalue weighted by molar-refractivity contribution is 6.54. The third kappa shape index (κ3) is 8.35. The number of hydrogen-bond acceptors (Lipinski definition) is 12. The van der Waals surface area contributed by atoms with Gasteiger partial charge in [-0.3, -0.25) is 24.0 Å². The molecule has 2 amide bonds. The van der Waals surface area contributed by atoms with Crippen LogP contribution in [-0.4, -0.2) is 85.8 Å². The maximum absolute atomic E-state index is 13.6. The average molecular weight is 626 g/mol. The molecule has 4 rings (SSSR count). The fraction of sp³-hybridized carbons (Fsp3) is 0.419. The number of amides is 2. The molecule has 45 heavy (non-hydrogen) atoms. The molecule has 240 valence electrons. The highest BCUT2D eigenvalue weighted by Gasteiger charge is 2.52. The Bertz CT molecular complexity index is 1460. The number of carbonyl (C=O) groups excluding carboxylic acids is 5. The Morgan fingerprint density at radius 1 is 0.911 bits per heavy atom.